The fourth-order valence-electron chi connectivity index (χ4n) is 3.44. The lowest BCUT2D eigenvalue weighted by Gasteiger charge is -2.27. The van der Waals surface area contributed by atoms with Gasteiger partial charge in [0.15, 0.2) is 0 Å². The Labute approximate surface area is 101 Å². The van der Waals surface area contributed by atoms with E-state index in [1.54, 1.807) is 0 Å². The molecule has 0 bridgehead atoms. The molecular formula is C14H28N2. The van der Waals surface area contributed by atoms with Crippen LogP contribution in [0.15, 0.2) is 0 Å². The number of hydrogen-bond acceptors (Lipinski definition) is 2. The van der Waals surface area contributed by atoms with Crippen molar-refractivity contribution in [3.63, 3.8) is 0 Å². The van der Waals surface area contributed by atoms with Gasteiger partial charge in [-0.3, -0.25) is 0 Å². The standard InChI is InChI=1S/C14H28N2/c1-12(2)9-15-7-5-14(10-15)6-8-16(11-14)13(3)4/h12-13H,5-11H2,1-4H3. The van der Waals surface area contributed by atoms with Gasteiger partial charge in [-0.25, -0.2) is 0 Å². The number of hydrogen-bond donors (Lipinski definition) is 0. The molecule has 1 unspecified atom stereocenters. The maximum Gasteiger partial charge on any atom is 0.00539 e. The second kappa shape index (κ2) is 4.66. The summed E-state index contributed by atoms with van der Waals surface area (Å²) in [5.41, 5.74) is 0.652. The number of likely N-dealkylation sites (tertiary alicyclic amines) is 2. The van der Waals surface area contributed by atoms with E-state index in [-0.39, 0.29) is 0 Å². The summed E-state index contributed by atoms with van der Waals surface area (Å²) in [6.45, 7) is 16.0. The molecule has 1 atom stereocenters. The van der Waals surface area contributed by atoms with Gasteiger partial charge in [0.2, 0.25) is 0 Å². The summed E-state index contributed by atoms with van der Waals surface area (Å²) in [5, 5.41) is 0. The lowest BCUT2D eigenvalue weighted by Crippen LogP contribution is -2.34. The highest BCUT2D eigenvalue weighted by molar-refractivity contribution is 4.97. The van der Waals surface area contributed by atoms with Crippen molar-refractivity contribution >= 4 is 0 Å². The molecule has 0 aromatic heterocycles. The smallest absolute Gasteiger partial charge is 0.00539 e. The highest BCUT2D eigenvalue weighted by Crippen LogP contribution is 2.40. The first-order valence-corrected chi connectivity index (χ1v) is 6.97. The van der Waals surface area contributed by atoms with E-state index in [4.69, 9.17) is 0 Å². The Morgan fingerprint density at radius 3 is 2.25 bits per heavy atom. The molecule has 2 rings (SSSR count). The predicted molar refractivity (Wildman–Crippen MR) is 69.7 cm³/mol. The molecule has 2 aliphatic heterocycles. The van der Waals surface area contributed by atoms with Crippen LogP contribution < -0.4 is 0 Å². The summed E-state index contributed by atoms with van der Waals surface area (Å²) in [4.78, 5) is 5.35. The molecular weight excluding hydrogens is 196 g/mol. The molecule has 16 heavy (non-hydrogen) atoms. The van der Waals surface area contributed by atoms with Crippen LogP contribution in [0, 0.1) is 11.3 Å². The van der Waals surface area contributed by atoms with Gasteiger partial charge in [-0.15, -0.1) is 0 Å². The summed E-state index contributed by atoms with van der Waals surface area (Å²) in [7, 11) is 0. The monoisotopic (exact) mass is 224 g/mol. The van der Waals surface area contributed by atoms with E-state index in [0.29, 0.717) is 5.41 Å². The molecule has 0 aromatic carbocycles. The molecule has 0 saturated carbocycles. The van der Waals surface area contributed by atoms with Crippen molar-refractivity contribution in [2.24, 2.45) is 11.3 Å². The minimum absolute atomic E-state index is 0.652. The van der Waals surface area contributed by atoms with E-state index in [9.17, 15) is 0 Å². The molecule has 0 aromatic rings. The first kappa shape index (κ1) is 12.4. The Morgan fingerprint density at radius 1 is 1.00 bits per heavy atom. The summed E-state index contributed by atoms with van der Waals surface area (Å²) in [6.07, 6.45) is 2.86. The Balaban J connectivity index is 1.88. The minimum Gasteiger partial charge on any atom is -0.302 e. The largest absolute Gasteiger partial charge is 0.302 e. The summed E-state index contributed by atoms with van der Waals surface area (Å²) in [5.74, 6) is 0.817. The van der Waals surface area contributed by atoms with E-state index in [2.05, 4.69) is 37.5 Å². The van der Waals surface area contributed by atoms with Crippen LogP contribution in [0.25, 0.3) is 0 Å². The summed E-state index contributed by atoms with van der Waals surface area (Å²) >= 11 is 0. The first-order chi connectivity index (χ1) is 7.51. The van der Waals surface area contributed by atoms with Crippen molar-refractivity contribution in [3.8, 4) is 0 Å². The zero-order chi connectivity index (χ0) is 11.8. The van der Waals surface area contributed by atoms with E-state index in [1.807, 2.05) is 0 Å². The van der Waals surface area contributed by atoms with Gasteiger partial charge in [0.1, 0.15) is 0 Å². The normalized spacial score (nSPS) is 32.6. The molecule has 0 amide bonds. The third kappa shape index (κ3) is 2.60. The maximum atomic E-state index is 2.69. The average Bonchev–Trinajstić information content (AvgIpc) is 2.74. The van der Waals surface area contributed by atoms with Gasteiger partial charge >= 0.3 is 0 Å². The zero-order valence-electron chi connectivity index (χ0n) is 11.5. The molecule has 0 aliphatic carbocycles. The molecule has 2 heteroatoms. The molecule has 1 spiro atoms. The number of rotatable bonds is 3. The van der Waals surface area contributed by atoms with Gasteiger partial charge in [-0.2, -0.15) is 0 Å². The molecule has 2 saturated heterocycles. The van der Waals surface area contributed by atoms with Gasteiger partial charge < -0.3 is 9.80 Å². The van der Waals surface area contributed by atoms with Gasteiger partial charge in [0, 0.05) is 25.7 Å². The highest BCUT2D eigenvalue weighted by atomic mass is 15.2. The predicted octanol–water partition coefficient (Wildman–Crippen LogP) is 2.45. The molecule has 0 N–H and O–H groups in total. The second-order valence-corrected chi connectivity index (χ2v) is 6.69. The lowest BCUT2D eigenvalue weighted by atomic mass is 9.86. The Hall–Kier alpha value is -0.0800. The molecule has 94 valence electrons. The SMILES string of the molecule is CC(C)CN1CCC2(CCN(C(C)C)C2)C1. The van der Waals surface area contributed by atoms with Crippen LogP contribution in [0.1, 0.15) is 40.5 Å². The van der Waals surface area contributed by atoms with E-state index in [0.717, 1.165) is 12.0 Å². The third-order valence-electron chi connectivity index (χ3n) is 4.34. The Morgan fingerprint density at radius 2 is 1.69 bits per heavy atom. The Kier molecular flexibility index (Phi) is 3.60. The lowest BCUT2D eigenvalue weighted by molar-refractivity contribution is 0.210. The van der Waals surface area contributed by atoms with Crippen LogP contribution in [0.4, 0.5) is 0 Å². The van der Waals surface area contributed by atoms with Crippen molar-refractivity contribution in [3.05, 3.63) is 0 Å². The number of nitrogens with zero attached hydrogens (tertiary/aromatic N) is 2. The van der Waals surface area contributed by atoms with Crippen molar-refractivity contribution < 1.29 is 0 Å². The fraction of sp³-hybridized carbons (Fsp3) is 1.00. The Bertz CT molecular complexity index is 237. The van der Waals surface area contributed by atoms with E-state index < -0.39 is 0 Å². The van der Waals surface area contributed by atoms with Crippen molar-refractivity contribution in [2.45, 2.75) is 46.6 Å². The van der Waals surface area contributed by atoms with Crippen LogP contribution in [-0.4, -0.2) is 48.6 Å². The van der Waals surface area contributed by atoms with Crippen molar-refractivity contribution in [1.82, 2.24) is 9.80 Å². The van der Waals surface area contributed by atoms with Gasteiger partial charge in [-0.05, 0) is 51.1 Å². The summed E-state index contributed by atoms with van der Waals surface area (Å²) < 4.78 is 0. The van der Waals surface area contributed by atoms with Crippen molar-refractivity contribution in [1.29, 1.82) is 0 Å². The fourth-order valence-corrected chi connectivity index (χ4v) is 3.44. The van der Waals surface area contributed by atoms with E-state index in [1.165, 1.54) is 45.6 Å². The van der Waals surface area contributed by atoms with Crippen LogP contribution >= 0.6 is 0 Å². The van der Waals surface area contributed by atoms with E-state index >= 15 is 0 Å². The second-order valence-electron chi connectivity index (χ2n) is 6.69. The molecule has 0 radical (unpaired) electrons. The van der Waals surface area contributed by atoms with Gasteiger partial charge in [0.25, 0.3) is 0 Å². The third-order valence-corrected chi connectivity index (χ3v) is 4.34. The highest BCUT2D eigenvalue weighted by Gasteiger charge is 2.43. The maximum absolute atomic E-state index is 2.69. The molecule has 2 nitrogen and oxygen atoms in total. The van der Waals surface area contributed by atoms with Crippen LogP contribution in [0.3, 0.4) is 0 Å². The van der Waals surface area contributed by atoms with Gasteiger partial charge in [0.05, 0.1) is 0 Å². The molecule has 2 heterocycles. The first-order valence-electron chi connectivity index (χ1n) is 6.97. The molecule has 2 aliphatic rings. The van der Waals surface area contributed by atoms with Crippen molar-refractivity contribution in [2.75, 3.05) is 32.7 Å². The van der Waals surface area contributed by atoms with Gasteiger partial charge in [-0.1, -0.05) is 13.8 Å². The van der Waals surface area contributed by atoms with Crippen LogP contribution in [0.2, 0.25) is 0 Å². The van der Waals surface area contributed by atoms with Crippen LogP contribution in [-0.2, 0) is 0 Å². The average molecular weight is 224 g/mol. The summed E-state index contributed by atoms with van der Waals surface area (Å²) in [6, 6.07) is 0.735. The van der Waals surface area contributed by atoms with Crippen LogP contribution in [0.5, 0.6) is 0 Å². The zero-order valence-corrected chi connectivity index (χ0v) is 11.5. The topological polar surface area (TPSA) is 6.48 Å². The quantitative estimate of drug-likeness (QED) is 0.726. The molecule has 2 fully saturated rings. The minimum atomic E-state index is 0.652.